The summed E-state index contributed by atoms with van der Waals surface area (Å²) in [5.74, 6) is 1.55. The van der Waals surface area contributed by atoms with Crippen molar-refractivity contribution in [3.8, 4) is 5.75 Å². The zero-order valence-electron chi connectivity index (χ0n) is 11.9. The Morgan fingerprint density at radius 3 is 2.89 bits per heavy atom. The van der Waals surface area contributed by atoms with E-state index in [2.05, 4.69) is 24.1 Å². The second kappa shape index (κ2) is 5.14. The van der Waals surface area contributed by atoms with Crippen molar-refractivity contribution in [2.75, 3.05) is 14.2 Å². The third-order valence-corrected chi connectivity index (χ3v) is 5.13. The maximum atomic E-state index is 6.43. The number of nitrogens with two attached hydrogens (primary N) is 1. The molecule has 0 radical (unpaired) electrons. The highest BCUT2D eigenvalue weighted by Crippen LogP contribution is 2.39. The SMILES string of the molecule is COc1ccccc1C[C@H]1[C@H]2CC[C@H](C[C@@H]1N)N2C. The smallest absolute Gasteiger partial charge is 0.122 e. The van der Waals surface area contributed by atoms with E-state index in [0.717, 1.165) is 18.6 Å². The second-order valence-corrected chi connectivity index (χ2v) is 6.04. The second-order valence-electron chi connectivity index (χ2n) is 6.04. The van der Waals surface area contributed by atoms with Crippen LogP contribution in [0.25, 0.3) is 0 Å². The molecule has 0 spiro atoms. The van der Waals surface area contributed by atoms with Gasteiger partial charge >= 0.3 is 0 Å². The highest BCUT2D eigenvalue weighted by atomic mass is 16.5. The molecule has 19 heavy (non-hydrogen) atoms. The Balaban J connectivity index is 1.81. The number of rotatable bonds is 3. The summed E-state index contributed by atoms with van der Waals surface area (Å²) in [7, 11) is 4.01. The predicted octanol–water partition coefficient (Wildman–Crippen LogP) is 2.05. The van der Waals surface area contributed by atoms with Crippen LogP contribution in [0, 0.1) is 5.92 Å². The van der Waals surface area contributed by atoms with Crippen LogP contribution in [-0.4, -0.2) is 37.2 Å². The fourth-order valence-electron chi connectivity index (χ4n) is 4.03. The van der Waals surface area contributed by atoms with Crippen LogP contribution in [0.1, 0.15) is 24.8 Å². The van der Waals surface area contributed by atoms with Crippen LogP contribution in [0.15, 0.2) is 24.3 Å². The summed E-state index contributed by atoms with van der Waals surface area (Å²) in [4.78, 5) is 2.56. The van der Waals surface area contributed by atoms with Gasteiger partial charge in [0.05, 0.1) is 7.11 Å². The van der Waals surface area contributed by atoms with Gasteiger partial charge in [0.1, 0.15) is 5.75 Å². The monoisotopic (exact) mass is 260 g/mol. The Kier molecular flexibility index (Phi) is 3.50. The third-order valence-electron chi connectivity index (χ3n) is 5.13. The molecule has 2 saturated heterocycles. The number of benzene rings is 1. The summed E-state index contributed by atoms with van der Waals surface area (Å²) < 4.78 is 5.47. The van der Waals surface area contributed by atoms with Crippen LogP contribution < -0.4 is 10.5 Å². The first kappa shape index (κ1) is 12.9. The van der Waals surface area contributed by atoms with Crippen molar-refractivity contribution in [1.82, 2.24) is 4.90 Å². The number of nitrogens with zero attached hydrogens (tertiary/aromatic N) is 1. The van der Waals surface area contributed by atoms with E-state index >= 15 is 0 Å². The standard InChI is InChI=1S/C16H24N2O/c1-18-12-7-8-15(18)13(14(17)10-12)9-11-5-3-4-6-16(11)19-2/h3-6,12-15H,7-10,17H2,1-2H3/t12-,13-,14+,15-/m1/s1. The van der Waals surface area contributed by atoms with Gasteiger partial charge < -0.3 is 15.4 Å². The third kappa shape index (κ3) is 2.26. The molecule has 3 nitrogen and oxygen atoms in total. The fraction of sp³-hybridized carbons (Fsp3) is 0.625. The highest BCUT2D eigenvalue weighted by Gasteiger charge is 2.44. The first-order valence-electron chi connectivity index (χ1n) is 7.30. The van der Waals surface area contributed by atoms with Crippen LogP contribution in [0.2, 0.25) is 0 Å². The quantitative estimate of drug-likeness (QED) is 0.904. The van der Waals surface area contributed by atoms with E-state index in [4.69, 9.17) is 10.5 Å². The van der Waals surface area contributed by atoms with Crippen molar-refractivity contribution >= 4 is 0 Å². The Morgan fingerprint density at radius 2 is 2.11 bits per heavy atom. The molecule has 3 rings (SSSR count). The van der Waals surface area contributed by atoms with E-state index in [9.17, 15) is 0 Å². The van der Waals surface area contributed by atoms with E-state index in [0.29, 0.717) is 24.0 Å². The molecule has 0 unspecified atom stereocenters. The minimum Gasteiger partial charge on any atom is -0.496 e. The summed E-state index contributed by atoms with van der Waals surface area (Å²) in [6.45, 7) is 0. The topological polar surface area (TPSA) is 38.5 Å². The lowest BCUT2D eigenvalue weighted by Crippen LogP contribution is -2.53. The van der Waals surface area contributed by atoms with E-state index in [1.165, 1.54) is 18.4 Å². The molecule has 0 amide bonds. The summed E-state index contributed by atoms with van der Waals surface area (Å²) in [5, 5.41) is 0. The number of fused-ring (bicyclic) bond motifs is 2. The van der Waals surface area contributed by atoms with Crippen LogP contribution in [-0.2, 0) is 6.42 Å². The highest BCUT2D eigenvalue weighted by molar-refractivity contribution is 5.34. The Hall–Kier alpha value is -1.06. The molecular formula is C16H24N2O. The van der Waals surface area contributed by atoms with Gasteiger partial charge in [0, 0.05) is 18.1 Å². The molecule has 2 heterocycles. The Morgan fingerprint density at radius 1 is 1.32 bits per heavy atom. The number of hydrogen-bond acceptors (Lipinski definition) is 3. The van der Waals surface area contributed by atoms with Crippen molar-refractivity contribution in [3.63, 3.8) is 0 Å². The first-order valence-corrected chi connectivity index (χ1v) is 7.30. The lowest BCUT2D eigenvalue weighted by molar-refractivity contribution is 0.101. The molecule has 2 aliphatic heterocycles. The lowest BCUT2D eigenvalue weighted by atomic mass is 9.81. The normalized spacial score (nSPS) is 34.5. The van der Waals surface area contributed by atoms with E-state index in [-0.39, 0.29) is 0 Å². The van der Waals surface area contributed by atoms with Crippen LogP contribution in [0.5, 0.6) is 5.75 Å². The van der Waals surface area contributed by atoms with Crippen molar-refractivity contribution in [1.29, 1.82) is 0 Å². The van der Waals surface area contributed by atoms with Gasteiger partial charge in [0.25, 0.3) is 0 Å². The summed E-state index contributed by atoms with van der Waals surface area (Å²) in [6.07, 6.45) is 4.80. The molecule has 0 aliphatic carbocycles. The molecule has 4 atom stereocenters. The van der Waals surface area contributed by atoms with Gasteiger partial charge in [0.15, 0.2) is 0 Å². The maximum Gasteiger partial charge on any atom is 0.122 e. The van der Waals surface area contributed by atoms with Crippen molar-refractivity contribution in [2.24, 2.45) is 11.7 Å². The minimum absolute atomic E-state index is 0.332. The maximum absolute atomic E-state index is 6.43. The largest absolute Gasteiger partial charge is 0.496 e. The predicted molar refractivity (Wildman–Crippen MR) is 77.4 cm³/mol. The summed E-state index contributed by atoms with van der Waals surface area (Å²) >= 11 is 0. The molecule has 1 aromatic carbocycles. The van der Waals surface area contributed by atoms with Crippen LogP contribution in [0.4, 0.5) is 0 Å². The van der Waals surface area contributed by atoms with Gasteiger partial charge in [-0.1, -0.05) is 18.2 Å². The molecule has 104 valence electrons. The van der Waals surface area contributed by atoms with Gasteiger partial charge in [-0.2, -0.15) is 0 Å². The van der Waals surface area contributed by atoms with Gasteiger partial charge in [-0.15, -0.1) is 0 Å². The Labute approximate surface area is 115 Å². The van der Waals surface area contributed by atoms with Gasteiger partial charge in [0.2, 0.25) is 0 Å². The zero-order chi connectivity index (χ0) is 13.4. The van der Waals surface area contributed by atoms with Crippen molar-refractivity contribution in [3.05, 3.63) is 29.8 Å². The molecule has 2 aliphatic rings. The van der Waals surface area contributed by atoms with Crippen LogP contribution >= 0.6 is 0 Å². The van der Waals surface area contributed by atoms with E-state index < -0.39 is 0 Å². The molecule has 2 fully saturated rings. The number of piperidine rings is 1. The van der Waals surface area contributed by atoms with Crippen LogP contribution in [0.3, 0.4) is 0 Å². The average molecular weight is 260 g/mol. The fourth-order valence-corrected chi connectivity index (χ4v) is 4.03. The number of hydrogen-bond donors (Lipinski definition) is 1. The summed E-state index contributed by atoms with van der Waals surface area (Å²) in [5.41, 5.74) is 7.73. The minimum atomic E-state index is 0.332. The molecule has 2 N–H and O–H groups in total. The lowest BCUT2D eigenvalue weighted by Gasteiger charge is -2.41. The molecule has 0 saturated carbocycles. The zero-order valence-corrected chi connectivity index (χ0v) is 11.9. The van der Waals surface area contributed by atoms with E-state index in [1.807, 2.05) is 12.1 Å². The van der Waals surface area contributed by atoms with Gasteiger partial charge in [-0.05, 0) is 50.3 Å². The van der Waals surface area contributed by atoms with Crippen molar-refractivity contribution < 1.29 is 4.74 Å². The first-order chi connectivity index (χ1) is 9.20. The molecule has 3 heteroatoms. The molecule has 0 aromatic heterocycles. The van der Waals surface area contributed by atoms with Crippen molar-refractivity contribution in [2.45, 2.75) is 43.8 Å². The molecule has 2 bridgehead atoms. The average Bonchev–Trinajstić information content (AvgIpc) is 2.68. The summed E-state index contributed by atoms with van der Waals surface area (Å²) in [6, 6.07) is 10.0. The molecular weight excluding hydrogens is 236 g/mol. The molecule has 1 aromatic rings. The number of ether oxygens (including phenoxy) is 1. The Bertz CT molecular complexity index is 448. The number of methoxy groups -OCH3 is 1. The number of para-hydroxylation sites is 1. The van der Waals surface area contributed by atoms with Gasteiger partial charge in [-0.3, -0.25) is 0 Å². The van der Waals surface area contributed by atoms with E-state index in [1.54, 1.807) is 7.11 Å². The van der Waals surface area contributed by atoms with Gasteiger partial charge in [-0.25, -0.2) is 0 Å².